The molecule has 78 valence electrons. The van der Waals surface area contributed by atoms with Gasteiger partial charge in [0.2, 0.25) is 5.89 Å². The molecule has 14 heavy (non-hydrogen) atoms. The first kappa shape index (κ1) is 9.61. The number of nitrogens with zero attached hydrogens (tertiary/aromatic N) is 2. The highest BCUT2D eigenvalue weighted by Gasteiger charge is 2.20. The molecule has 0 amide bonds. The first-order valence-corrected chi connectivity index (χ1v) is 5.00. The molecule has 0 saturated carbocycles. The van der Waals surface area contributed by atoms with Crippen LogP contribution in [0.25, 0.3) is 0 Å². The molecule has 2 heterocycles. The van der Waals surface area contributed by atoms with Gasteiger partial charge < -0.3 is 15.0 Å². The van der Waals surface area contributed by atoms with E-state index in [4.69, 9.17) is 15.0 Å². The lowest BCUT2D eigenvalue weighted by Gasteiger charge is -2.18. The number of hydrogen-bond acceptors (Lipinski definition) is 5. The van der Waals surface area contributed by atoms with Crippen molar-refractivity contribution in [3.05, 3.63) is 11.7 Å². The maximum absolute atomic E-state index is 5.40. The van der Waals surface area contributed by atoms with Crippen LogP contribution in [0.15, 0.2) is 4.52 Å². The van der Waals surface area contributed by atoms with Crippen LogP contribution in [-0.2, 0) is 11.2 Å². The summed E-state index contributed by atoms with van der Waals surface area (Å²) in [6.45, 7) is 2.15. The molecule has 0 aromatic carbocycles. The maximum Gasteiger partial charge on any atom is 0.227 e. The fourth-order valence-corrected chi connectivity index (χ4v) is 1.61. The standard InChI is InChI=1S/C9H15N3O2/c10-4-1-8-11-9(12-14-8)7-2-5-13-6-3-7/h7H,1-6,10H2. The number of rotatable bonds is 3. The van der Waals surface area contributed by atoms with Gasteiger partial charge in [0.25, 0.3) is 0 Å². The van der Waals surface area contributed by atoms with Crippen LogP contribution in [0.5, 0.6) is 0 Å². The summed E-state index contributed by atoms with van der Waals surface area (Å²) in [5.74, 6) is 1.87. The van der Waals surface area contributed by atoms with E-state index < -0.39 is 0 Å². The molecule has 0 aliphatic carbocycles. The van der Waals surface area contributed by atoms with Crippen LogP contribution in [0.2, 0.25) is 0 Å². The molecule has 1 aliphatic heterocycles. The molecule has 5 heteroatoms. The van der Waals surface area contributed by atoms with E-state index in [2.05, 4.69) is 10.1 Å². The van der Waals surface area contributed by atoms with Gasteiger partial charge in [-0.05, 0) is 12.8 Å². The molecule has 1 aromatic heterocycles. The fourth-order valence-electron chi connectivity index (χ4n) is 1.61. The monoisotopic (exact) mass is 197 g/mol. The van der Waals surface area contributed by atoms with E-state index in [1.165, 1.54) is 0 Å². The van der Waals surface area contributed by atoms with Crippen molar-refractivity contribution in [1.29, 1.82) is 0 Å². The van der Waals surface area contributed by atoms with E-state index in [1.807, 2.05) is 0 Å². The zero-order valence-corrected chi connectivity index (χ0v) is 8.11. The van der Waals surface area contributed by atoms with E-state index in [0.29, 0.717) is 24.8 Å². The van der Waals surface area contributed by atoms with Crippen molar-refractivity contribution < 1.29 is 9.26 Å². The van der Waals surface area contributed by atoms with E-state index in [0.717, 1.165) is 31.9 Å². The van der Waals surface area contributed by atoms with Gasteiger partial charge in [0.15, 0.2) is 5.82 Å². The number of hydrogen-bond donors (Lipinski definition) is 1. The van der Waals surface area contributed by atoms with Gasteiger partial charge in [-0.2, -0.15) is 4.98 Å². The minimum absolute atomic E-state index is 0.402. The second kappa shape index (κ2) is 4.52. The Labute approximate surface area is 82.6 Å². The molecule has 2 N–H and O–H groups in total. The quantitative estimate of drug-likeness (QED) is 0.762. The first-order valence-electron chi connectivity index (χ1n) is 5.00. The summed E-state index contributed by atoms with van der Waals surface area (Å²) in [5, 5.41) is 3.96. The predicted molar refractivity (Wildman–Crippen MR) is 49.9 cm³/mol. The second-order valence-corrected chi connectivity index (χ2v) is 3.47. The average molecular weight is 197 g/mol. The summed E-state index contributed by atoms with van der Waals surface area (Å²) < 4.78 is 10.3. The summed E-state index contributed by atoms with van der Waals surface area (Å²) in [7, 11) is 0. The Morgan fingerprint density at radius 1 is 1.36 bits per heavy atom. The number of nitrogens with two attached hydrogens (primary N) is 1. The molecule has 0 spiro atoms. The Bertz CT molecular complexity index is 281. The lowest BCUT2D eigenvalue weighted by Crippen LogP contribution is -2.15. The average Bonchev–Trinajstić information content (AvgIpc) is 2.68. The third-order valence-electron chi connectivity index (χ3n) is 2.43. The van der Waals surface area contributed by atoms with E-state index in [1.54, 1.807) is 0 Å². The lowest BCUT2D eigenvalue weighted by atomic mass is 10.00. The molecule has 0 radical (unpaired) electrons. The molecule has 1 fully saturated rings. The first-order chi connectivity index (χ1) is 6.90. The molecular formula is C9H15N3O2. The lowest BCUT2D eigenvalue weighted by molar-refractivity contribution is 0.0830. The molecule has 1 saturated heterocycles. The number of ether oxygens (including phenoxy) is 1. The summed E-state index contributed by atoms with van der Waals surface area (Å²) in [6, 6.07) is 0. The van der Waals surface area contributed by atoms with E-state index in [9.17, 15) is 0 Å². The predicted octanol–water partition coefficient (Wildman–Crippen LogP) is 0.465. The topological polar surface area (TPSA) is 74.2 Å². The normalized spacial score (nSPS) is 18.6. The molecule has 2 rings (SSSR count). The second-order valence-electron chi connectivity index (χ2n) is 3.47. The van der Waals surface area contributed by atoms with Gasteiger partial charge in [-0.15, -0.1) is 0 Å². The largest absolute Gasteiger partial charge is 0.381 e. The third-order valence-corrected chi connectivity index (χ3v) is 2.43. The van der Waals surface area contributed by atoms with Crippen molar-refractivity contribution in [1.82, 2.24) is 10.1 Å². The van der Waals surface area contributed by atoms with Crippen molar-refractivity contribution in [2.75, 3.05) is 19.8 Å². The highest BCUT2D eigenvalue weighted by Crippen LogP contribution is 2.24. The zero-order valence-electron chi connectivity index (χ0n) is 8.11. The minimum Gasteiger partial charge on any atom is -0.381 e. The maximum atomic E-state index is 5.40. The van der Waals surface area contributed by atoms with Crippen LogP contribution < -0.4 is 5.73 Å². The minimum atomic E-state index is 0.402. The van der Waals surface area contributed by atoms with Gasteiger partial charge in [-0.3, -0.25) is 0 Å². The van der Waals surface area contributed by atoms with Gasteiger partial charge in [0.05, 0.1) is 0 Å². The molecular weight excluding hydrogens is 182 g/mol. The molecule has 5 nitrogen and oxygen atoms in total. The molecule has 0 unspecified atom stereocenters. The summed E-state index contributed by atoms with van der Waals surface area (Å²) in [4.78, 5) is 4.31. The van der Waals surface area contributed by atoms with Crippen LogP contribution in [0.1, 0.15) is 30.5 Å². The molecule has 1 aliphatic rings. The fraction of sp³-hybridized carbons (Fsp3) is 0.778. The van der Waals surface area contributed by atoms with Crippen molar-refractivity contribution >= 4 is 0 Å². The van der Waals surface area contributed by atoms with Crippen LogP contribution in [-0.4, -0.2) is 29.9 Å². The van der Waals surface area contributed by atoms with Gasteiger partial charge in [-0.1, -0.05) is 5.16 Å². The Morgan fingerprint density at radius 2 is 2.14 bits per heavy atom. The molecule has 1 aromatic rings. The number of aromatic nitrogens is 2. The smallest absolute Gasteiger partial charge is 0.227 e. The Kier molecular flexibility index (Phi) is 3.10. The van der Waals surface area contributed by atoms with Crippen molar-refractivity contribution in [2.45, 2.75) is 25.2 Å². The van der Waals surface area contributed by atoms with Gasteiger partial charge in [0.1, 0.15) is 0 Å². The van der Waals surface area contributed by atoms with Crippen LogP contribution >= 0.6 is 0 Å². The Hall–Kier alpha value is -0.940. The van der Waals surface area contributed by atoms with Crippen molar-refractivity contribution in [2.24, 2.45) is 5.73 Å². The van der Waals surface area contributed by atoms with E-state index in [-0.39, 0.29) is 0 Å². The molecule has 0 atom stereocenters. The van der Waals surface area contributed by atoms with Gasteiger partial charge >= 0.3 is 0 Å². The zero-order chi connectivity index (χ0) is 9.80. The van der Waals surface area contributed by atoms with Crippen molar-refractivity contribution in [3.8, 4) is 0 Å². The van der Waals surface area contributed by atoms with Crippen LogP contribution in [0.4, 0.5) is 0 Å². The molecule has 0 bridgehead atoms. The van der Waals surface area contributed by atoms with Crippen molar-refractivity contribution in [3.63, 3.8) is 0 Å². The van der Waals surface area contributed by atoms with Gasteiger partial charge in [-0.25, -0.2) is 0 Å². The van der Waals surface area contributed by atoms with Crippen LogP contribution in [0, 0.1) is 0 Å². The third kappa shape index (κ3) is 2.10. The van der Waals surface area contributed by atoms with Gasteiger partial charge in [0, 0.05) is 32.1 Å². The highest BCUT2D eigenvalue weighted by atomic mass is 16.5. The van der Waals surface area contributed by atoms with E-state index >= 15 is 0 Å². The highest BCUT2D eigenvalue weighted by molar-refractivity contribution is 4.96. The Balaban J connectivity index is 2.00. The SMILES string of the molecule is NCCc1nc(C2CCOCC2)no1. The summed E-state index contributed by atoms with van der Waals surface area (Å²) in [5.41, 5.74) is 5.40. The summed E-state index contributed by atoms with van der Waals surface area (Å²) >= 11 is 0. The van der Waals surface area contributed by atoms with Crippen LogP contribution in [0.3, 0.4) is 0 Å². The summed E-state index contributed by atoms with van der Waals surface area (Å²) in [6.07, 6.45) is 2.64. The Morgan fingerprint density at radius 3 is 2.86 bits per heavy atom.